The molecule has 4 heteroatoms. The Labute approximate surface area is 112 Å². The number of hydrogen-bond donors (Lipinski definition) is 2. The predicted molar refractivity (Wildman–Crippen MR) is 71.7 cm³/mol. The minimum Gasteiger partial charge on any atom is -0.352 e. The molecule has 0 aromatic heterocycles. The number of hydrogen-bond acceptors (Lipinski definition) is 2. The molecule has 18 heavy (non-hydrogen) atoms. The number of nitrogens with one attached hydrogen (secondary N) is 2. The molecular weight excluding hydrogens is 248 g/mol. The van der Waals surface area contributed by atoms with E-state index >= 15 is 0 Å². The van der Waals surface area contributed by atoms with Gasteiger partial charge in [-0.25, -0.2) is 0 Å². The molecule has 2 N–H and O–H groups in total. The van der Waals surface area contributed by atoms with Gasteiger partial charge in [0, 0.05) is 30.1 Å². The minimum absolute atomic E-state index is 0.181. The molecule has 0 radical (unpaired) electrons. The molecule has 2 aliphatic rings. The van der Waals surface area contributed by atoms with Crippen LogP contribution in [-0.4, -0.2) is 18.5 Å². The Morgan fingerprint density at radius 1 is 1.33 bits per heavy atom. The van der Waals surface area contributed by atoms with Gasteiger partial charge < -0.3 is 10.6 Å². The smallest absolute Gasteiger partial charge is 0.220 e. The van der Waals surface area contributed by atoms with Crippen molar-refractivity contribution in [2.45, 2.75) is 37.8 Å². The topological polar surface area (TPSA) is 41.1 Å². The SMILES string of the molecule is O=C1CCC(CNC2CCc3cc(Cl)ccc32)N1. The van der Waals surface area contributed by atoms with Crippen molar-refractivity contribution >= 4 is 17.5 Å². The number of halogens is 1. The summed E-state index contributed by atoms with van der Waals surface area (Å²) in [5, 5.41) is 7.37. The highest BCUT2D eigenvalue weighted by Gasteiger charge is 2.25. The summed E-state index contributed by atoms with van der Waals surface area (Å²) in [6.45, 7) is 0.860. The van der Waals surface area contributed by atoms with Gasteiger partial charge in [0.15, 0.2) is 0 Å². The lowest BCUT2D eigenvalue weighted by atomic mass is 10.1. The molecule has 1 fully saturated rings. The van der Waals surface area contributed by atoms with Crippen LogP contribution in [0.4, 0.5) is 0 Å². The number of carbonyl (C=O) groups is 1. The molecule has 0 bridgehead atoms. The van der Waals surface area contributed by atoms with E-state index in [4.69, 9.17) is 11.6 Å². The van der Waals surface area contributed by atoms with E-state index in [1.165, 1.54) is 11.1 Å². The fourth-order valence-electron chi connectivity index (χ4n) is 2.91. The molecule has 96 valence electrons. The van der Waals surface area contributed by atoms with E-state index in [1.54, 1.807) is 0 Å². The molecule has 1 aromatic rings. The average Bonchev–Trinajstić information content (AvgIpc) is 2.92. The normalized spacial score (nSPS) is 26.2. The molecule has 1 amide bonds. The summed E-state index contributed by atoms with van der Waals surface area (Å²) in [4.78, 5) is 11.1. The van der Waals surface area contributed by atoms with Crippen LogP contribution in [0.1, 0.15) is 36.4 Å². The molecule has 0 saturated carbocycles. The Hall–Kier alpha value is -1.06. The van der Waals surface area contributed by atoms with Crippen LogP contribution < -0.4 is 10.6 Å². The van der Waals surface area contributed by atoms with Crippen molar-refractivity contribution in [1.82, 2.24) is 10.6 Å². The minimum atomic E-state index is 0.181. The average molecular weight is 265 g/mol. The Morgan fingerprint density at radius 3 is 3.00 bits per heavy atom. The lowest BCUT2D eigenvalue weighted by molar-refractivity contribution is -0.119. The van der Waals surface area contributed by atoms with Crippen molar-refractivity contribution < 1.29 is 4.79 Å². The Balaban J connectivity index is 1.61. The number of carbonyl (C=O) groups excluding carboxylic acids is 1. The van der Waals surface area contributed by atoms with Gasteiger partial charge in [-0.3, -0.25) is 4.79 Å². The quantitative estimate of drug-likeness (QED) is 0.879. The van der Waals surface area contributed by atoms with Gasteiger partial charge in [0.05, 0.1) is 0 Å². The number of amides is 1. The Morgan fingerprint density at radius 2 is 2.22 bits per heavy atom. The molecule has 1 aliphatic carbocycles. The fraction of sp³-hybridized carbons (Fsp3) is 0.500. The summed E-state index contributed by atoms with van der Waals surface area (Å²) in [6.07, 6.45) is 3.83. The standard InChI is InChI=1S/C14H17ClN2O/c15-10-2-4-12-9(7-10)1-5-13(12)16-8-11-3-6-14(18)17-11/h2,4,7,11,13,16H,1,3,5-6,8H2,(H,17,18). The molecule has 2 atom stereocenters. The maximum absolute atomic E-state index is 11.1. The van der Waals surface area contributed by atoms with Gasteiger partial charge in [-0.15, -0.1) is 0 Å². The summed E-state index contributed by atoms with van der Waals surface area (Å²) >= 11 is 6.00. The van der Waals surface area contributed by atoms with Crippen molar-refractivity contribution in [3.8, 4) is 0 Å². The number of aryl methyl sites for hydroxylation is 1. The van der Waals surface area contributed by atoms with Gasteiger partial charge in [0.25, 0.3) is 0 Å². The second kappa shape index (κ2) is 4.90. The fourth-order valence-corrected chi connectivity index (χ4v) is 3.11. The van der Waals surface area contributed by atoms with Crippen LogP contribution in [0.2, 0.25) is 5.02 Å². The van der Waals surface area contributed by atoms with E-state index in [0.717, 1.165) is 30.8 Å². The maximum Gasteiger partial charge on any atom is 0.220 e. The second-order valence-electron chi connectivity index (χ2n) is 5.15. The molecule has 2 unspecified atom stereocenters. The molecule has 1 aliphatic heterocycles. The highest BCUT2D eigenvalue weighted by atomic mass is 35.5. The summed E-state index contributed by atoms with van der Waals surface area (Å²) in [6, 6.07) is 6.85. The zero-order valence-corrected chi connectivity index (χ0v) is 11.0. The van der Waals surface area contributed by atoms with E-state index in [1.807, 2.05) is 6.07 Å². The zero-order chi connectivity index (χ0) is 12.5. The third-order valence-corrected chi connectivity index (χ3v) is 4.11. The van der Waals surface area contributed by atoms with Gasteiger partial charge in [0.2, 0.25) is 5.91 Å². The largest absolute Gasteiger partial charge is 0.352 e. The number of rotatable bonds is 3. The molecular formula is C14H17ClN2O. The Bertz CT molecular complexity index is 475. The van der Waals surface area contributed by atoms with Crippen LogP contribution in [0, 0.1) is 0 Å². The van der Waals surface area contributed by atoms with Crippen LogP contribution in [0.5, 0.6) is 0 Å². The molecule has 1 aromatic carbocycles. The highest BCUT2D eigenvalue weighted by molar-refractivity contribution is 6.30. The van der Waals surface area contributed by atoms with Crippen LogP contribution in [0.25, 0.3) is 0 Å². The first-order valence-electron chi connectivity index (χ1n) is 6.53. The van der Waals surface area contributed by atoms with Crippen LogP contribution >= 0.6 is 11.6 Å². The van der Waals surface area contributed by atoms with Crippen LogP contribution in [-0.2, 0) is 11.2 Å². The van der Waals surface area contributed by atoms with Gasteiger partial charge in [-0.05, 0) is 42.5 Å². The lowest BCUT2D eigenvalue weighted by Gasteiger charge is -2.17. The van der Waals surface area contributed by atoms with E-state index in [0.29, 0.717) is 18.5 Å². The number of fused-ring (bicyclic) bond motifs is 1. The summed E-state index contributed by atoms with van der Waals surface area (Å²) in [5.41, 5.74) is 2.72. The molecule has 1 saturated heterocycles. The number of benzene rings is 1. The first-order chi connectivity index (χ1) is 8.72. The summed E-state index contributed by atoms with van der Waals surface area (Å²) < 4.78 is 0. The van der Waals surface area contributed by atoms with Crippen molar-refractivity contribution in [3.05, 3.63) is 34.3 Å². The van der Waals surface area contributed by atoms with E-state index in [-0.39, 0.29) is 5.91 Å². The lowest BCUT2D eigenvalue weighted by Crippen LogP contribution is -2.36. The Kier molecular flexibility index (Phi) is 3.27. The second-order valence-corrected chi connectivity index (χ2v) is 5.58. The van der Waals surface area contributed by atoms with Gasteiger partial charge in [0.1, 0.15) is 0 Å². The first-order valence-corrected chi connectivity index (χ1v) is 6.91. The summed E-state index contributed by atoms with van der Waals surface area (Å²) in [7, 11) is 0. The third-order valence-electron chi connectivity index (χ3n) is 3.88. The molecule has 3 rings (SSSR count). The van der Waals surface area contributed by atoms with Crippen LogP contribution in [0.3, 0.4) is 0 Å². The highest BCUT2D eigenvalue weighted by Crippen LogP contribution is 2.32. The van der Waals surface area contributed by atoms with Crippen molar-refractivity contribution in [2.24, 2.45) is 0 Å². The predicted octanol–water partition coefficient (Wildman–Crippen LogP) is 2.20. The monoisotopic (exact) mass is 264 g/mol. The van der Waals surface area contributed by atoms with Crippen LogP contribution in [0.15, 0.2) is 18.2 Å². The maximum atomic E-state index is 11.1. The molecule has 0 spiro atoms. The third kappa shape index (κ3) is 2.38. The molecule has 1 heterocycles. The first kappa shape index (κ1) is 12.0. The van der Waals surface area contributed by atoms with Crippen molar-refractivity contribution in [3.63, 3.8) is 0 Å². The van der Waals surface area contributed by atoms with Gasteiger partial charge >= 0.3 is 0 Å². The summed E-state index contributed by atoms with van der Waals surface area (Å²) in [5.74, 6) is 0.181. The molecule has 3 nitrogen and oxygen atoms in total. The van der Waals surface area contributed by atoms with Gasteiger partial charge in [-0.1, -0.05) is 17.7 Å². The van der Waals surface area contributed by atoms with Crippen molar-refractivity contribution in [1.29, 1.82) is 0 Å². The van der Waals surface area contributed by atoms with E-state index < -0.39 is 0 Å². The van der Waals surface area contributed by atoms with Gasteiger partial charge in [-0.2, -0.15) is 0 Å². The van der Waals surface area contributed by atoms with Crippen molar-refractivity contribution in [2.75, 3.05) is 6.54 Å². The zero-order valence-electron chi connectivity index (χ0n) is 10.2. The van der Waals surface area contributed by atoms with E-state index in [9.17, 15) is 4.79 Å². The van der Waals surface area contributed by atoms with E-state index in [2.05, 4.69) is 22.8 Å².